The molecule has 0 saturated heterocycles. The highest BCUT2D eigenvalue weighted by molar-refractivity contribution is 8.11. The summed E-state index contributed by atoms with van der Waals surface area (Å²) in [6.07, 6.45) is 7.85. The van der Waals surface area contributed by atoms with Gasteiger partial charge in [-0.15, -0.1) is 0 Å². The van der Waals surface area contributed by atoms with Gasteiger partial charge in [0.25, 0.3) is 0 Å². The molecule has 0 heterocycles. The Morgan fingerprint density at radius 2 is 1.72 bits per heavy atom. The maximum Gasteiger partial charge on any atom is 0.156 e. The van der Waals surface area contributed by atoms with E-state index in [2.05, 4.69) is 16.3 Å². The molecule has 10 heteroatoms. The zero-order chi connectivity index (χ0) is 13.8. The van der Waals surface area contributed by atoms with Crippen molar-refractivity contribution in [3.8, 4) is 0 Å². The predicted octanol–water partition coefficient (Wildman–Crippen LogP) is 0.666. The van der Waals surface area contributed by atoms with Crippen molar-refractivity contribution in [2.75, 3.05) is 0 Å². The van der Waals surface area contributed by atoms with Gasteiger partial charge in [0.15, 0.2) is 6.49 Å². The lowest BCUT2D eigenvalue weighted by Crippen LogP contribution is -2.23. The Morgan fingerprint density at radius 3 is 2.00 bits per heavy atom. The van der Waals surface area contributed by atoms with Crippen LogP contribution in [-0.4, -0.2) is 6.04 Å². The maximum atomic E-state index is 5.47. The van der Waals surface area contributed by atoms with E-state index in [1.807, 2.05) is 0 Å². The lowest BCUT2D eigenvalue weighted by molar-refractivity contribution is 0.885. The van der Waals surface area contributed by atoms with E-state index in [1.54, 1.807) is 0 Å². The predicted molar refractivity (Wildman–Crippen MR) is 86.5 cm³/mol. The van der Waals surface area contributed by atoms with Crippen molar-refractivity contribution in [2.24, 2.45) is 22.0 Å². The SMILES string of the molecule is NP(N)(=S)NC1=CCCC1.NP(N)(=S)NC1CC1. The molecule has 18 heavy (non-hydrogen) atoms. The van der Waals surface area contributed by atoms with E-state index in [0.29, 0.717) is 6.04 Å². The fourth-order valence-electron chi connectivity index (χ4n) is 1.49. The third-order valence-electron chi connectivity index (χ3n) is 2.32. The molecule has 0 aromatic rings. The van der Waals surface area contributed by atoms with Gasteiger partial charge in [0.1, 0.15) is 6.49 Å². The molecule has 106 valence electrons. The van der Waals surface area contributed by atoms with Crippen molar-refractivity contribution < 1.29 is 0 Å². The maximum absolute atomic E-state index is 5.47. The molecule has 0 atom stereocenters. The van der Waals surface area contributed by atoms with Crippen molar-refractivity contribution in [1.82, 2.24) is 10.2 Å². The number of hydrogen-bond donors (Lipinski definition) is 6. The number of nitrogens with two attached hydrogens (primary N) is 4. The van der Waals surface area contributed by atoms with Crippen LogP contribution in [0.15, 0.2) is 11.8 Å². The molecule has 0 aromatic heterocycles. The van der Waals surface area contributed by atoms with E-state index in [0.717, 1.165) is 18.5 Å². The normalized spacial score (nSPS) is 19.9. The molecule has 2 aliphatic rings. The van der Waals surface area contributed by atoms with Crippen LogP contribution >= 0.6 is 13.0 Å². The summed E-state index contributed by atoms with van der Waals surface area (Å²) in [7, 11) is 0. The topological polar surface area (TPSA) is 128 Å². The largest absolute Gasteiger partial charge is 0.339 e. The van der Waals surface area contributed by atoms with Crippen molar-refractivity contribution in [1.29, 1.82) is 0 Å². The van der Waals surface area contributed by atoms with Gasteiger partial charge >= 0.3 is 0 Å². The van der Waals surface area contributed by atoms with Crippen molar-refractivity contribution in [3.63, 3.8) is 0 Å². The minimum absolute atomic E-state index is 0.538. The number of allylic oxidation sites excluding steroid dienone is 2. The second-order valence-electron chi connectivity index (χ2n) is 4.56. The Kier molecular flexibility index (Phi) is 6.38. The van der Waals surface area contributed by atoms with Crippen LogP contribution in [0.5, 0.6) is 0 Å². The van der Waals surface area contributed by atoms with Crippen LogP contribution < -0.4 is 32.2 Å². The first-order chi connectivity index (χ1) is 8.16. The Bertz CT molecular complexity index is 396. The van der Waals surface area contributed by atoms with Crippen LogP contribution in [0, 0.1) is 0 Å². The first-order valence-electron chi connectivity index (χ1n) is 5.75. The highest BCUT2D eigenvalue weighted by atomic mass is 32.5. The molecule has 1 saturated carbocycles. The summed E-state index contributed by atoms with van der Waals surface area (Å²) in [6.45, 7) is -4.28. The van der Waals surface area contributed by atoms with Crippen LogP contribution in [-0.2, 0) is 23.6 Å². The molecule has 0 aromatic carbocycles. The van der Waals surface area contributed by atoms with Crippen LogP contribution in [0.4, 0.5) is 0 Å². The Morgan fingerprint density at radius 1 is 1.11 bits per heavy atom. The molecule has 0 bridgehead atoms. The molecular weight excluding hydrogens is 306 g/mol. The van der Waals surface area contributed by atoms with Crippen molar-refractivity contribution in [2.45, 2.75) is 38.1 Å². The lowest BCUT2D eigenvalue weighted by atomic mass is 10.3. The first kappa shape index (κ1) is 16.7. The minimum Gasteiger partial charge on any atom is -0.339 e. The molecule has 10 N–H and O–H groups in total. The monoisotopic (exact) mass is 328 g/mol. The molecular formula is C8H22N6P2S2. The van der Waals surface area contributed by atoms with Crippen LogP contribution in [0.1, 0.15) is 32.1 Å². The average molecular weight is 328 g/mol. The van der Waals surface area contributed by atoms with E-state index in [1.165, 1.54) is 19.3 Å². The minimum atomic E-state index is -2.20. The van der Waals surface area contributed by atoms with E-state index in [9.17, 15) is 0 Å². The second kappa shape index (κ2) is 6.88. The van der Waals surface area contributed by atoms with E-state index in [-0.39, 0.29) is 0 Å². The molecule has 2 aliphatic carbocycles. The summed E-state index contributed by atoms with van der Waals surface area (Å²) in [5.74, 6) is 0. The van der Waals surface area contributed by atoms with E-state index in [4.69, 9.17) is 45.6 Å². The van der Waals surface area contributed by atoms with Gasteiger partial charge in [-0.05, 0) is 55.7 Å². The smallest absolute Gasteiger partial charge is 0.156 e. The summed E-state index contributed by atoms with van der Waals surface area (Å²) in [5.41, 5.74) is 22.8. The van der Waals surface area contributed by atoms with Gasteiger partial charge in [-0.1, -0.05) is 6.08 Å². The summed E-state index contributed by atoms with van der Waals surface area (Å²) in [4.78, 5) is 0. The number of hydrogen-bond acceptors (Lipinski definition) is 2. The van der Waals surface area contributed by atoms with Gasteiger partial charge in [-0.3, -0.25) is 27.1 Å². The number of nitrogens with one attached hydrogen (secondary N) is 2. The average Bonchev–Trinajstić information content (AvgIpc) is 2.76. The fourth-order valence-corrected chi connectivity index (χ4v) is 3.77. The second-order valence-corrected chi connectivity index (χ2v) is 11.5. The van der Waals surface area contributed by atoms with E-state index >= 15 is 0 Å². The Balaban J connectivity index is 0.000000184. The molecule has 0 amide bonds. The van der Waals surface area contributed by atoms with Crippen LogP contribution in [0.25, 0.3) is 0 Å². The molecule has 0 radical (unpaired) electrons. The number of rotatable bonds is 4. The molecule has 2 rings (SSSR count). The van der Waals surface area contributed by atoms with Gasteiger partial charge < -0.3 is 5.09 Å². The molecule has 0 aliphatic heterocycles. The molecule has 0 spiro atoms. The van der Waals surface area contributed by atoms with Crippen LogP contribution in [0.3, 0.4) is 0 Å². The third kappa shape index (κ3) is 9.55. The highest BCUT2D eigenvalue weighted by Gasteiger charge is 2.23. The van der Waals surface area contributed by atoms with Gasteiger partial charge in [0.2, 0.25) is 0 Å². The van der Waals surface area contributed by atoms with Crippen molar-refractivity contribution in [3.05, 3.63) is 11.8 Å². The summed E-state index contributed by atoms with van der Waals surface area (Å²) in [6, 6.07) is 0.538. The quantitative estimate of drug-likeness (QED) is 0.416. The fraction of sp³-hybridized carbons (Fsp3) is 0.750. The Labute approximate surface area is 119 Å². The third-order valence-corrected chi connectivity index (χ3v) is 4.32. The highest BCUT2D eigenvalue weighted by Crippen LogP contribution is 2.29. The van der Waals surface area contributed by atoms with Gasteiger partial charge in [-0.2, -0.15) is 0 Å². The van der Waals surface area contributed by atoms with Gasteiger partial charge in [0.05, 0.1) is 0 Å². The summed E-state index contributed by atoms with van der Waals surface area (Å²) in [5, 5.41) is 5.94. The zero-order valence-electron chi connectivity index (χ0n) is 10.2. The Hall–Kier alpha value is 0.640. The van der Waals surface area contributed by atoms with Crippen LogP contribution in [0.2, 0.25) is 0 Å². The molecule has 6 nitrogen and oxygen atoms in total. The summed E-state index contributed by atoms with van der Waals surface area (Å²) >= 11 is 9.59. The molecule has 1 fully saturated rings. The lowest BCUT2D eigenvalue weighted by Gasteiger charge is -2.13. The summed E-state index contributed by atoms with van der Waals surface area (Å²) < 4.78 is 0. The molecule has 0 unspecified atom stereocenters. The standard InChI is InChI=1S/C5H12N3PS.C3H10N3PS/c6-9(7,10)8-5-3-1-2-4-5;4-7(5,8)6-3-1-2-3/h3H,1-2,4H2,(H5,6,7,8,10);3H,1-2H2,(H5,4,5,6,8). The van der Waals surface area contributed by atoms with Gasteiger partial charge in [0, 0.05) is 11.7 Å². The first-order valence-corrected chi connectivity index (χ1v) is 11.6. The van der Waals surface area contributed by atoms with Crippen molar-refractivity contribution >= 4 is 36.6 Å². The van der Waals surface area contributed by atoms with Gasteiger partial charge in [-0.25, -0.2) is 0 Å². The zero-order valence-corrected chi connectivity index (χ0v) is 13.6. The van der Waals surface area contributed by atoms with E-state index < -0.39 is 13.0 Å².